The number of nitrogens with one attached hydrogen (secondary N) is 1. The zero-order valence-electron chi connectivity index (χ0n) is 17.0. The molecule has 2 aromatic carbocycles. The Kier molecular flexibility index (Phi) is 6.64. The maximum Gasteiger partial charge on any atom is 0.254 e. The van der Waals surface area contributed by atoms with E-state index >= 15 is 0 Å². The number of benzene rings is 2. The summed E-state index contributed by atoms with van der Waals surface area (Å²) < 4.78 is 18.8. The van der Waals surface area contributed by atoms with Crippen molar-refractivity contribution in [1.82, 2.24) is 10.2 Å². The molecular weight excluding hydrogens is 371 g/mol. The van der Waals surface area contributed by atoms with E-state index < -0.39 is 12.0 Å². The lowest BCUT2D eigenvalue weighted by Crippen LogP contribution is -2.49. The third kappa shape index (κ3) is 4.32. The van der Waals surface area contributed by atoms with Crippen LogP contribution in [0.25, 0.3) is 0 Å². The first kappa shape index (κ1) is 21.0. The van der Waals surface area contributed by atoms with Gasteiger partial charge < -0.3 is 15.0 Å². The maximum absolute atomic E-state index is 13.6. The summed E-state index contributed by atoms with van der Waals surface area (Å²) in [5.74, 6) is -1.25. The number of nitrogens with zero attached hydrogens (tertiary/aromatic N) is 1. The number of carbonyl (C=O) groups excluding carboxylic acids is 2. The van der Waals surface area contributed by atoms with Crippen LogP contribution in [-0.2, 0) is 9.53 Å². The minimum absolute atomic E-state index is 0.00795. The largest absolute Gasteiger partial charge is 0.383 e. The molecule has 29 heavy (non-hydrogen) atoms. The fourth-order valence-electron chi connectivity index (χ4n) is 3.78. The van der Waals surface area contributed by atoms with Gasteiger partial charge in [-0.2, -0.15) is 0 Å². The Morgan fingerprint density at radius 2 is 1.90 bits per heavy atom. The predicted octanol–water partition coefficient (Wildman–Crippen LogP) is 3.67. The van der Waals surface area contributed by atoms with Gasteiger partial charge in [-0.3, -0.25) is 9.59 Å². The van der Waals surface area contributed by atoms with Crippen LogP contribution < -0.4 is 5.32 Å². The molecule has 2 amide bonds. The van der Waals surface area contributed by atoms with Crippen LogP contribution >= 0.6 is 0 Å². The number of carbonyl (C=O) groups is 2. The summed E-state index contributed by atoms with van der Waals surface area (Å²) in [6.07, 6.45) is 0.799. The van der Waals surface area contributed by atoms with Gasteiger partial charge in [0.2, 0.25) is 5.91 Å². The van der Waals surface area contributed by atoms with Crippen molar-refractivity contribution in [3.8, 4) is 0 Å². The van der Waals surface area contributed by atoms with E-state index in [9.17, 15) is 14.0 Å². The summed E-state index contributed by atoms with van der Waals surface area (Å²) in [6.45, 7) is 4.63. The molecule has 0 aromatic heterocycles. The lowest BCUT2D eigenvalue weighted by atomic mass is 9.79. The minimum Gasteiger partial charge on any atom is -0.383 e. The van der Waals surface area contributed by atoms with E-state index in [0.717, 1.165) is 12.0 Å². The number of fused-ring (bicyclic) bond motifs is 1. The topological polar surface area (TPSA) is 58.6 Å². The van der Waals surface area contributed by atoms with Gasteiger partial charge in [-0.15, -0.1) is 0 Å². The molecule has 0 spiro atoms. The lowest BCUT2D eigenvalue weighted by molar-refractivity contribution is -0.125. The first-order valence-corrected chi connectivity index (χ1v) is 9.92. The van der Waals surface area contributed by atoms with E-state index in [2.05, 4.69) is 5.32 Å². The van der Waals surface area contributed by atoms with Crippen LogP contribution in [-0.4, -0.2) is 43.0 Å². The Morgan fingerprint density at radius 3 is 2.55 bits per heavy atom. The fraction of sp³-hybridized carbons (Fsp3) is 0.391. The first-order valence-electron chi connectivity index (χ1n) is 9.92. The Balaban J connectivity index is 2.14. The Hall–Kier alpha value is -2.73. The average Bonchev–Trinajstić information content (AvgIpc) is 2.73. The van der Waals surface area contributed by atoms with Crippen molar-refractivity contribution < 1.29 is 18.7 Å². The van der Waals surface area contributed by atoms with Gasteiger partial charge in [0.15, 0.2) is 0 Å². The molecule has 154 valence electrons. The molecule has 0 saturated carbocycles. The quantitative estimate of drug-likeness (QED) is 0.774. The van der Waals surface area contributed by atoms with Gasteiger partial charge in [0.1, 0.15) is 5.82 Å². The molecule has 2 aromatic rings. The van der Waals surface area contributed by atoms with Gasteiger partial charge in [0, 0.05) is 25.3 Å². The van der Waals surface area contributed by atoms with Crippen LogP contribution in [0.4, 0.5) is 4.39 Å². The zero-order chi connectivity index (χ0) is 21.0. The average molecular weight is 398 g/mol. The van der Waals surface area contributed by atoms with Gasteiger partial charge >= 0.3 is 0 Å². The number of rotatable bonds is 7. The molecule has 0 radical (unpaired) electrons. The van der Waals surface area contributed by atoms with Crippen molar-refractivity contribution in [3.05, 3.63) is 71.0 Å². The van der Waals surface area contributed by atoms with Crippen molar-refractivity contribution in [3.63, 3.8) is 0 Å². The van der Waals surface area contributed by atoms with E-state index in [4.69, 9.17) is 4.74 Å². The Bertz CT molecular complexity index is 869. The van der Waals surface area contributed by atoms with Gasteiger partial charge in [-0.05, 0) is 42.7 Å². The molecule has 0 saturated heterocycles. The molecule has 1 heterocycles. The highest BCUT2D eigenvalue weighted by Crippen LogP contribution is 2.42. The second-order valence-corrected chi connectivity index (χ2v) is 7.37. The normalized spacial score (nSPS) is 19.6. The van der Waals surface area contributed by atoms with Crippen molar-refractivity contribution in [1.29, 1.82) is 0 Å². The van der Waals surface area contributed by atoms with Crippen LogP contribution in [0, 0.1) is 5.82 Å². The summed E-state index contributed by atoms with van der Waals surface area (Å²) in [4.78, 5) is 28.3. The fourth-order valence-corrected chi connectivity index (χ4v) is 3.78. The van der Waals surface area contributed by atoms with Gasteiger partial charge in [-0.1, -0.05) is 37.3 Å². The van der Waals surface area contributed by atoms with Crippen molar-refractivity contribution in [2.45, 2.75) is 38.3 Å². The SMILES string of the molecule is CCC(C)NC(=O)C1c2ccccc2C(=O)N(CCOC)C1c1ccc(F)cc1. The number of hydrogen-bond donors (Lipinski definition) is 1. The minimum atomic E-state index is -0.597. The third-order valence-corrected chi connectivity index (χ3v) is 5.47. The Morgan fingerprint density at radius 1 is 1.21 bits per heavy atom. The molecule has 0 aliphatic carbocycles. The molecule has 3 unspecified atom stereocenters. The third-order valence-electron chi connectivity index (χ3n) is 5.47. The lowest BCUT2D eigenvalue weighted by Gasteiger charge is -2.42. The number of hydrogen-bond acceptors (Lipinski definition) is 3. The maximum atomic E-state index is 13.6. The monoisotopic (exact) mass is 398 g/mol. The number of methoxy groups -OCH3 is 1. The Labute approximate surface area is 170 Å². The van der Waals surface area contributed by atoms with E-state index in [1.54, 1.807) is 36.3 Å². The highest BCUT2D eigenvalue weighted by molar-refractivity contribution is 6.01. The summed E-state index contributed by atoms with van der Waals surface area (Å²) >= 11 is 0. The highest BCUT2D eigenvalue weighted by Gasteiger charge is 2.44. The molecule has 1 aliphatic rings. The van der Waals surface area contributed by atoms with Crippen LogP contribution in [0.5, 0.6) is 0 Å². The number of halogens is 1. The molecule has 5 nitrogen and oxygen atoms in total. The van der Waals surface area contributed by atoms with Gasteiger partial charge in [0.05, 0.1) is 18.6 Å². The van der Waals surface area contributed by atoms with Crippen LogP contribution in [0.15, 0.2) is 48.5 Å². The summed E-state index contributed by atoms with van der Waals surface area (Å²) in [5.41, 5.74) is 1.93. The van der Waals surface area contributed by atoms with E-state index in [0.29, 0.717) is 24.3 Å². The predicted molar refractivity (Wildman–Crippen MR) is 109 cm³/mol. The smallest absolute Gasteiger partial charge is 0.254 e. The van der Waals surface area contributed by atoms with Crippen molar-refractivity contribution in [2.24, 2.45) is 0 Å². The number of amides is 2. The summed E-state index contributed by atoms with van der Waals surface area (Å²) in [6, 6.07) is 12.7. The molecule has 3 rings (SSSR count). The molecule has 0 fully saturated rings. The van der Waals surface area contributed by atoms with E-state index in [1.807, 2.05) is 26.0 Å². The summed E-state index contributed by atoms with van der Waals surface area (Å²) in [5, 5.41) is 3.06. The molecular formula is C23H27FN2O3. The van der Waals surface area contributed by atoms with Crippen LogP contribution in [0.1, 0.15) is 53.7 Å². The van der Waals surface area contributed by atoms with Crippen molar-refractivity contribution in [2.75, 3.05) is 20.3 Å². The highest BCUT2D eigenvalue weighted by atomic mass is 19.1. The second-order valence-electron chi connectivity index (χ2n) is 7.37. The van der Waals surface area contributed by atoms with E-state index in [1.165, 1.54) is 12.1 Å². The molecule has 6 heteroatoms. The first-order chi connectivity index (χ1) is 14.0. The second kappa shape index (κ2) is 9.18. The van der Waals surface area contributed by atoms with Gasteiger partial charge in [0.25, 0.3) is 5.91 Å². The van der Waals surface area contributed by atoms with E-state index in [-0.39, 0.29) is 23.7 Å². The molecule has 1 aliphatic heterocycles. The van der Waals surface area contributed by atoms with Crippen molar-refractivity contribution >= 4 is 11.8 Å². The molecule has 0 bridgehead atoms. The van der Waals surface area contributed by atoms with Crippen LogP contribution in [0.2, 0.25) is 0 Å². The van der Waals surface area contributed by atoms with Gasteiger partial charge in [-0.25, -0.2) is 4.39 Å². The summed E-state index contributed by atoms with van der Waals surface area (Å²) in [7, 11) is 1.57. The number of ether oxygens (including phenoxy) is 1. The molecule has 3 atom stereocenters. The molecule has 1 N–H and O–H groups in total. The standard InChI is InChI=1S/C23H27FN2O3/c1-4-15(2)25-22(27)20-18-7-5-6-8-19(18)23(28)26(13-14-29-3)21(20)16-9-11-17(24)12-10-16/h5-12,15,20-21H,4,13-14H2,1-3H3,(H,25,27). The zero-order valence-corrected chi connectivity index (χ0v) is 17.0. The van der Waals surface area contributed by atoms with Crippen LogP contribution in [0.3, 0.4) is 0 Å².